The SMILES string of the molecule is C#CCOC(=O)NC(Cc1ccccc1)C(O)C(=O)N1CC(F)(F)CC1C(=O)N(C)Cc1ccccc1. The fourth-order valence-corrected chi connectivity index (χ4v) is 4.21. The molecule has 1 saturated heterocycles. The highest BCUT2D eigenvalue weighted by atomic mass is 19.3. The van der Waals surface area contributed by atoms with Crippen LogP contribution < -0.4 is 5.32 Å². The minimum atomic E-state index is -3.32. The third-order valence-corrected chi connectivity index (χ3v) is 6.00. The summed E-state index contributed by atoms with van der Waals surface area (Å²) < 4.78 is 33.7. The van der Waals surface area contributed by atoms with Gasteiger partial charge in [-0.15, -0.1) is 6.42 Å². The standard InChI is InChI=1S/C27H29F2N3O5/c1-3-14-37-26(36)30-21(15-19-10-6-4-7-11-19)23(33)25(35)32-18-27(28,29)16-22(32)24(34)31(2)17-20-12-8-5-9-13-20/h1,4-13,21-23,33H,14-18H2,2H3,(H,30,36). The van der Waals surface area contributed by atoms with Gasteiger partial charge in [0.15, 0.2) is 12.7 Å². The van der Waals surface area contributed by atoms with Crippen molar-refractivity contribution in [2.75, 3.05) is 20.2 Å². The zero-order chi connectivity index (χ0) is 27.0. The Bertz CT molecular complexity index is 1120. The van der Waals surface area contributed by atoms with Gasteiger partial charge < -0.3 is 25.0 Å². The number of halogens is 2. The minimum Gasteiger partial charge on any atom is -0.436 e. The highest BCUT2D eigenvalue weighted by Crippen LogP contribution is 2.34. The van der Waals surface area contributed by atoms with E-state index in [0.717, 1.165) is 5.56 Å². The van der Waals surface area contributed by atoms with Crippen molar-refractivity contribution in [1.82, 2.24) is 15.1 Å². The maximum atomic E-state index is 14.5. The molecule has 3 atom stereocenters. The molecular weight excluding hydrogens is 484 g/mol. The summed E-state index contributed by atoms with van der Waals surface area (Å²) in [4.78, 5) is 40.6. The summed E-state index contributed by atoms with van der Waals surface area (Å²) in [5.41, 5.74) is 1.46. The highest BCUT2D eigenvalue weighted by Gasteiger charge is 2.52. The summed E-state index contributed by atoms with van der Waals surface area (Å²) in [6, 6.07) is 14.9. The number of carbonyl (C=O) groups is 3. The Morgan fingerprint density at radius 3 is 2.35 bits per heavy atom. The Morgan fingerprint density at radius 2 is 1.76 bits per heavy atom. The van der Waals surface area contributed by atoms with Gasteiger partial charge in [-0.05, 0) is 17.5 Å². The summed E-state index contributed by atoms with van der Waals surface area (Å²) >= 11 is 0. The molecule has 1 fully saturated rings. The molecule has 0 spiro atoms. The molecule has 196 valence electrons. The van der Waals surface area contributed by atoms with E-state index < -0.39 is 55.0 Å². The van der Waals surface area contributed by atoms with E-state index in [1.807, 2.05) is 6.07 Å². The van der Waals surface area contributed by atoms with Gasteiger partial charge in [-0.1, -0.05) is 66.6 Å². The third-order valence-electron chi connectivity index (χ3n) is 6.00. The molecule has 2 aromatic carbocycles. The fraction of sp³-hybridized carbons (Fsp3) is 0.370. The number of aliphatic hydroxyl groups excluding tert-OH is 1. The van der Waals surface area contributed by atoms with E-state index in [4.69, 9.17) is 11.2 Å². The number of nitrogens with zero attached hydrogens (tertiary/aromatic N) is 2. The van der Waals surface area contributed by atoms with E-state index in [2.05, 4.69) is 11.2 Å². The number of aliphatic hydroxyl groups is 1. The fourth-order valence-electron chi connectivity index (χ4n) is 4.21. The van der Waals surface area contributed by atoms with Crippen LogP contribution in [0.5, 0.6) is 0 Å². The molecule has 3 rings (SSSR count). The molecule has 3 amide bonds. The van der Waals surface area contributed by atoms with E-state index in [1.165, 1.54) is 11.9 Å². The van der Waals surface area contributed by atoms with Gasteiger partial charge in [0.25, 0.3) is 11.8 Å². The number of benzene rings is 2. The Kier molecular flexibility index (Phi) is 9.20. The summed E-state index contributed by atoms with van der Waals surface area (Å²) in [5, 5.41) is 13.3. The zero-order valence-corrected chi connectivity index (χ0v) is 20.3. The van der Waals surface area contributed by atoms with Crippen LogP contribution in [-0.2, 0) is 27.3 Å². The average Bonchev–Trinajstić information content (AvgIpc) is 3.22. The van der Waals surface area contributed by atoms with Crippen LogP contribution in [0.3, 0.4) is 0 Å². The Balaban J connectivity index is 1.79. The molecule has 0 radical (unpaired) electrons. The van der Waals surface area contributed by atoms with Crippen molar-refractivity contribution in [3.8, 4) is 12.3 Å². The second-order valence-electron chi connectivity index (χ2n) is 8.89. The molecule has 37 heavy (non-hydrogen) atoms. The van der Waals surface area contributed by atoms with Gasteiger partial charge in [0.05, 0.1) is 12.6 Å². The third kappa shape index (κ3) is 7.51. The van der Waals surface area contributed by atoms with Crippen LogP contribution in [0.2, 0.25) is 0 Å². The van der Waals surface area contributed by atoms with E-state index in [0.29, 0.717) is 10.5 Å². The molecule has 0 bridgehead atoms. The molecule has 8 nitrogen and oxygen atoms in total. The minimum absolute atomic E-state index is 0.00431. The largest absolute Gasteiger partial charge is 0.436 e. The maximum Gasteiger partial charge on any atom is 0.408 e. The van der Waals surface area contributed by atoms with Crippen LogP contribution >= 0.6 is 0 Å². The number of ether oxygens (including phenoxy) is 1. The van der Waals surface area contributed by atoms with Gasteiger partial charge in [-0.3, -0.25) is 9.59 Å². The van der Waals surface area contributed by atoms with E-state index in [9.17, 15) is 28.3 Å². The Labute approximate surface area is 214 Å². The number of nitrogens with one attached hydrogen (secondary N) is 1. The lowest BCUT2D eigenvalue weighted by Gasteiger charge is -2.31. The van der Waals surface area contributed by atoms with Crippen LogP contribution in [0, 0.1) is 12.3 Å². The summed E-state index contributed by atoms with van der Waals surface area (Å²) in [6.07, 6.45) is 1.31. The van der Waals surface area contributed by atoms with Crippen molar-refractivity contribution in [3.05, 3.63) is 71.8 Å². The van der Waals surface area contributed by atoms with Crippen molar-refractivity contribution in [1.29, 1.82) is 0 Å². The molecule has 2 aromatic rings. The van der Waals surface area contributed by atoms with Gasteiger partial charge >= 0.3 is 6.09 Å². The normalized spacial score (nSPS) is 17.8. The number of hydrogen-bond acceptors (Lipinski definition) is 5. The first-order valence-electron chi connectivity index (χ1n) is 11.7. The molecule has 1 heterocycles. The molecule has 1 aliphatic rings. The number of hydrogen-bond donors (Lipinski definition) is 2. The summed E-state index contributed by atoms with van der Waals surface area (Å²) in [6.45, 7) is -1.21. The molecule has 3 unspecified atom stereocenters. The lowest BCUT2D eigenvalue weighted by atomic mass is 10.00. The number of likely N-dealkylation sites (tertiary alicyclic amines) is 1. The Hall–Kier alpha value is -3.97. The van der Waals surface area contributed by atoms with Crippen molar-refractivity contribution in [2.45, 2.75) is 43.5 Å². The number of alkyl carbamates (subject to hydrolysis) is 1. The van der Waals surface area contributed by atoms with E-state index in [1.54, 1.807) is 54.6 Å². The number of rotatable bonds is 9. The first kappa shape index (κ1) is 27.6. The quantitative estimate of drug-likeness (QED) is 0.501. The summed E-state index contributed by atoms with van der Waals surface area (Å²) in [7, 11) is 1.46. The molecule has 0 aromatic heterocycles. The van der Waals surface area contributed by atoms with E-state index in [-0.39, 0.29) is 19.6 Å². The van der Waals surface area contributed by atoms with Crippen LogP contribution in [0.1, 0.15) is 17.5 Å². The van der Waals surface area contributed by atoms with Crippen molar-refractivity contribution < 1.29 is 33.0 Å². The second kappa shape index (κ2) is 12.3. The zero-order valence-electron chi connectivity index (χ0n) is 20.3. The predicted molar refractivity (Wildman–Crippen MR) is 131 cm³/mol. The van der Waals surface area contributed by atoms with Crippen LogP contribution in [0.25, 0.3) is 0 Å². The van der Waals surface area contributed by atoms with Gasteiger partial charge in [-0.2, -0.15) is 0 Å². The smallest absolute Gasteiger partial charge is 0.408 e. The van der Waals surface area contributed by atoms with Gasteiger partial charge in [0.2, 0.25) is 5.91 Å². The summed E-state index contributed by atoms with van der Waals surface area (Å²) in [5.74, 6) is -2.97. The number of alkyl halides is 2. The molecule has 2 N–H and O–H groups in total. The molecule has 10 heteroatoms. The lowest BCUT2D eigenvalue weighted by Crippen LogP contribution is -2.56. The number of amides is 3. The lowest BCUT2D eigenvalue weighted by molar-refractivity contribution is -0.149. The second-order valence-corrected chi connectivity index (χ2v) is 8.89. The van der Waals surface area contributed by atoms with Crippen LogP contribution in [-0.4, -0.2) is 77.1 Å². The van der Waals surface area contributed by atoms with E-state index >= 15 is 0 Å². The number of likely N-dealkylation sites (N-methyl/N-ethyl adjacent to an activating group) is 1. The average molecular weight is 514 g/mol. The maximum absolute atomic E-state index is 14.5. The first-order valence-corrected chi connectivity index (χ1v) is 11.7. The topological polar surface area (TPSA) is 99.2 Å². The molecule has 0 aliphatic carbocycles. The monoisotopic (exact) mass is 513 g/mol. The number of terminal acetylenes is 1. The van der Waals surface area contributed by atoms with Crippen LogP contribution in [0.15, 0.2) is 60.7 Å². The van der Waals surface area contributed by atoms with Crippen molar-refractivity contribution >= 4 is 17.9 Å². The van der Waals surface area contributed by atoms with Crippen LogP contribution in [0.4, 0.5) is 13.6 Å². The van der Waals surface area contributed by atoms with Gasteiger partial charge in [0.1, 0.15) is 6.04 Å². The highest BCUT2D eigenvalue weighted by molar-refractivity contribution is 5.90. The van der Waals surface area contributed by atoms with Crippen molar-refractivity contribution in [3.63, 3.8) is 0 Å². The van der Waals surface area contributed by atoms with Gasteiger partial charge in [-0.25, -0.2) is 13.6 Å². The predicted octanol–water partition coefficient (Wildman–Crippen LogP) is 2.21. The van der Waals surface area contributed by atoms with Gasteiger partial charge in [0, 0.05) is 20.0 Å². The van der Waals surface area contributed by atoms with Crippen molar-refractivity contribution in [2.24, 2.45) is 0 Å². The number of carbonyl (C=O) groups excluding carboxylic acids is 3. The first-order chi connectivity index (χ1) is 17.6. The molecular formula is C27H29F2N3O5. The molecule has 1 aliphatic heterocycles. The molecule has 0 saturated carbocycles. The Morgan fingerprint density at radius 1 is 1.16 bits per heavy atom.